The van der Waals surface area contributed by atoms with E-state index in [-0.39, 0.29) is 18.0 Å². The van der Waals surface area contributed by atoms with Gasteiger partial charge in [-0.15, -0.1) is 0 Å². The van der Waals surface area contributed by atoms with E-state index < -0.39 is 0 Å². The number of rotatable bonds is 2. The lowest BCUT2D eigenvalue weighted by Gasteiger charge is -2.23. The number of anilines is 2. The molecule has 2 aromatic carbocycles. The van der Waals surface area contributed by atoms with Crippen LogP contribution >= 0.6 is 0 Å². The molecule has 0 saturated heterocycles. The third kappa shape index (κ3) is 3.26. The van der Waals surface area contributed by atoms with Crippen molar-refractivity contribution in [3.63, 3.8) is 0 Å². The molecule has 22 heavy (non-hydrogen) atoms. The number of carbonyl (C=O) groups excluding carboxylic acids is 1. The summed E-state index contributed by atoms with van der Waals surface area (Å²) in [6, 6.07) is 10.9. The van der Waals surface area contributed by atoms with Gasteiger partial charge in [0.1, 0.15) is 5.82 Å². The Bertz CT molecular complexity index is 686. The normalized spacial score (nSPS) is 16.7. The van der Waals surface area contributed by atoms with Gasteiger partial charge in [0, 0.05) is 17.8 Å². The molecule has 0 aromatic heterocycles. The van der Waals surface area contributed by atoms with Gasteiger partial charge in [0.15, 0.2) is 0 Å². The molecule has 114 valence electrons. The molecule has 1 atom stereocenters. The minimum atomic E-state index is -0.389. The van der Waals surface area contributed by atoms with Crippen molar-refractivity contribution < 1.29 is 14.3 Å². The summed E-state index contributed by atoms with van der Waals surface area (Å²) in [7, 11) is 0. The molecule has 0 heterocycles. The maximum Gasteiger partial charge on any atom is 0.323 e. The predicted octanol–water partition coefficient (Wildman–Crippen LogP) is 3.32. The highest BCUT2D eigenvalue weighted by Gasteiger charge is 2.19. The zero-order chi connectivity index (χ0) is 15.5. The fourth-order valence-corrected chi connectivity index (χ4v) is 2.70. The lowest BCUT2D eigenvalue weighted by atomic mass is 9.88. The number of halogens is 1. The molecule has 0 saturated carbocycles. The predicted molar refractivity (Wildman–Crippen MR) is 83.5 cm³/mol. The van der Waals surface area contributed by atoms with E-state index in [0.29, 0.717) is 17.8 Å². The average Bonchev–Trinajstić information content (AvgIpc) is 2.50. The first-order valence-corrected chi connectivity index (χ1v) is 7.24. The SMILES string of the molecule is O=C(Nc1ccc(F)cc1)Nc1cccc2c1C[C@@H](O)CC2. The first kappa shape index (κ1) is 14.5. The summed E-state index contributed by atoms with van der Waals surface area (Å²) in [5.41, 5.74) is 3.36. The molecule has 0 radical (unpaired) electrons. The van der Waals surface area contributed by atoms with Crippen LogP contribution in [0.15, 0.2) is 42.5 Å². The van der Waals surface area contributed by atoms with Crippen molar-refractivity contribution in [3.8, 4) is 0 Å². The second-order valence-electron chi connectivity index (χ2n) is 5.43. The smallest absolute Gasteiger partial charge is 0.323 e. The topological polar surface area (TPSA) is 61.4 Å². The van der Waals surface area contributed by atoms with Crippen LogP contribution in [0.4, 0.5) is 20.6 Å². The van der Waals surface area contributed by atoms with E-state index >= 15 is 0 Å². The molecule has 3 rings (SSSR count). The summed E-state index contributed by atoms with van der Waals surface area (Å²) >= 11 is 0. The van der Waals surface area contributed by atoms with Crippen molar-refractivity contribution in [2.75, 3.05) is 10.6 Å². The second-order valence-corrected chi connectivity index (χ2v) is 5.43. The molecule has 2 amide bonds. The number of benzene rings is 2. The molecule has 1 aliphatic rings. The fraction of sp³-hybridized carbons (Fsp3) is 0.235. The maximum atomic E-state index is 12.8. The Kier molecular flexibility index (Phi) is 4.06. The molecule has 0 bridgehead atoms. The molecular weight excluding hydrogens is 283 g/mol. The molecule has 0 spiro atoms. The van der Waals surface area contributed by atoms with Gasteiger partial charge < -0.3 is 15.7 Å². The largest absolute Gasteiger partial charge is 0.393 e. The quantitative estimate of drug-likeness (QED) is 0.796. The van der Waals surface area contributed by atoms with Crippen LogP contribution in [0, 0.1) is 5.82 Å². The number of aryl methyl sites for hydroxylation is 1. The highest BCUT2D eigenvalue weighted by molar-refractivity contribution is 6.00. The number of urea groups is 1. The summed E-state index contributed by atoms with van der Waals surface area (Å²) in [5.74, 6) is -0.350. The Labute approximate surface area is 128 Å². The van der Waals surface area contributed by atoms with Crippen molar-refractivity contribution >= 4 is 17.4 Å². The van der Waals surface area contributed by atoms with E-state index in [4.69, 9.17) is 0 Å². The highest BCUT2D eigenvalue weighted by atomic mass is 19.1. The molecule has 0 fully saturated rings. The van der Waals surface area contributed by atoms with Crippen molar-refractivity contribution in [1.29, 1.82) is 0 Å². The zero-order valence-electron chi connectivity index (χ0n) is 12.0. The van der Waals surface area contributed by atoms with Crippen molar-refractivity contribution in [2.24, 2.45) is 0 Å². The summed E-state index contributed by atoms with van der Waals surface area (Å²) in [4.78, 5) is 12.1. The van der Waals surface area contributed by atoms with Gasteiger partial charge in [0.25, 0.3) is 0 Å². The minimum absolute atomic E-state index is 0.350. The molecule has 1 aliphatic carbocycles. The van der Waals surface area contributed by atoms with Crippen LogP contribution in [-0.2, 0) is 12.8 Å². The van der Waals surface area contributed by atoms with Crippen LogP contribution in [0.1, 0.15) is 17.5 Å². The zero-order valence-corrected chi connectivity index (χ0v) is 12.0. The van der Waals surface area contributed by atoms with Crippen molar-refractivity contribution in [3.05, 3.63) is 59.4 Å². The van der Waals surface area contributed by atoms with Gasteiger partial charge in [-0.1, -0.05) is 12.1 Å². The van der Waals surface area contributed by atoms with Crippen LogP contribution in [0.5, 0.6) is 0 Å². The number of hydrogen-bond acceptors (Lipinski definition) is 2. The third-order valence-electron chi connectivity index (χ3n) is 3.81. The summed E-state index contributed by atoms with van der Waals surface area (Å²) in [5, 5.41) is 15.3. The van der Waals surface area contributed by atoms with Gasteiger partial charge in [-0.3, -0.25) is 0 Å². The Balaban J connectivity index is 1.73. The van der Waals surface area contributed by atoms with Gasteiger partial charge >= 0.3 is 6.03 Å². The van der Waals surface area contributed by atoms with Crippen LogP contribution in [0.25, 0.3) is 0 Å². The highest BCUT2D eigenvalue weighted by Crippen LogP contribution is 2.28. The van der Waals surface area contributed by atoms with E-state index in [1.54, 1.807) is 0 Å². The number of hydrogen-bond donors (Lipinski definition) is 3. The van der Waals surface area contributed by atoms with Crippen LogP contribution in [0.2, 0.25) is 0 Å². The minimum Gasteiger partial charge on any atom is -0.393 e. The van der Waals surface area contributed by atoms with Gasteiger partial charge in [0.2, 0.25) is 0 Å². The number of aliphatic hydroxyl groups is 1. The van der Waals surface area contributed by atoms with E-state index in [9.17, 15) is 14.3 Å². The summed E-state index contributed by atoms with van der Waals surface area (Å²) < 4.78 is 12.8. The van der Waals surface area contributed by atoms with Crippen LogP contribution < -0.4 is 10.6 Å². The van der Waals surface area contributed by atoms with Gasteiger partial charge in [-0.2, -0.15) is 0 Å². The van der Waals surface area contributed by atoms with Gasteiger partial charge in [-0.05, 0) is 54.3 Å². The first-order chi connectivity index (χ1) is 10.6. The van der Waals surface area contributed by atoms with Crippen molar-refractivity contribution in [2.45, 2.75) is 25.4 Å². The summed E-state index contributed by atoms with van der Waals surface area (Å²) in [6.45, 7) is 0. The van der Waals surface area contributed by atoms with Crippen LogP contribution in [-0.4, -0.2) is 17.2 Å². The fourth-order valence-electron chi connectivity index (χ4n) is 2.70. The number of carbonyl (C=O) groups is 1. The molecule has 0 unspecified atom stereocenters. The van der Waals surface area contributed by atoms with E-state index in [1.165, 1.54) is 24.3 Å². The standard InChI is InChI=1S/C17H17FN2O2/c18-12-5-7-13(8-6-12)19-17(22)20-16-3-1-2-11-4-9-14(21)10-15(11)16/h1-3,5-8,14,21H,4,9-10H2,(H2,19,20,22)/t14-/m0/s1. The van der Waals surface area contributed by atoms with E-state index in [1.807, 2.05) is 18.2 Å². The molecule has 2 aromatic rings. The Hall–Kier alpha value is -2.40. The van der Waals surface area contributed by atoms with E-state index in [2.05, 4.69) is 10.6 Å². The average molecular weight is 300 g/mol. The molecule has 5 heteroatoms. The molecule has 0 aliphatic heterocycles. The summed E-state index contributed by atoms with van der Waals surface area (Å²) in [6.07, 6.45) is 1.74. The maximum absolute atomic E-state index is 12.8. The van der Waals surface area contributed by atoms with Crippen molar-refractivity contribution in [1.82, 2.24) is 0 Å². The Morgan fingerprint density at radius 2 is 1.91 bits per heavy atom. The molecule has 4 nitrogen and oxygen atoms in total. The molecular formula is C17H17FN2O2. The lowest BCUT2D eigenvalue weighted by Crippen LogP contribution is -2.24. The number of fused-ring (bicyclic) bond motifs is 1. The Morgan fingerprint density at radius 3 is 2.68 bits per heavy atom. The van der Waals surface area contributed by atoms with Crippen LogP contribution in [0.3, 0.4) is 0 Å². The number of nitrogens with one attached hydrogen (secondary N) is 2. The number of amides is 2. The first-order valence-electron chi connectivity index (χ1n) is 7.24. The molecule has 3 N–H and O–H groups in total. The lowest BCUT2D eigenvalue weighted by molar-refractivity contribution is 0.159. The third-order valence-corrected chi connectivity index (χ3v) is 3.81. The second kappa shape index (κ2) is 6.15. The monoisotopic (exact) mass is 300 g/mol. The van der Waals surface area contributed by atoms with Gasteiger partial charge in [0.05, 0.1) is 6.10 Å². The van der Waals surface area contributed by atoms with E-state index in [0.717, 1.165) is 24.0 Å². The Morgan fingerprint density at radius 1 is 1.14 bits per heavy atom. The number of aliphatic hydroxyl groups excluding tert-OH is 1. The van der Waals surface area contributed by atoms with Gasteiger partial charge in [-0.25, -0.2) is 9.18 Å².